The number of likely N-dealkylation sites (N-methyl/N-ethyl adjacent to an activating group) is 1. The number of aromatic nitrogens is 1. The summed E-state index contributed by atoms with van der Waals surface area (Å²) in [5.74, 6) is 0.502. The predicted molar refractivity (Wildman–Crippen MR) is 138 cm³/mol. The molecule has 1 fully saturated rings. The average Bonchev–Trinajstić information content (AvgIpc) is 2.85. The zero-order valence-electron chi connectivity index (χ0n) is 20.3. The van der Waals surface area contributed by atoms with Gasteiger partial charge in [0.15, 0.2) is 0 Å². The van der Waals surface area contributed by atoms with Gasteiger partial charge in [0.1, 0.15) is 5.82 Å². The summed E-state index contributed by atoms with van der Waals surface area (Å²) in [7, 11) is -1.77. The Balaban J connectivity index is 1.51. The molecule has 0 spiro atoms. The van der Waals surface area contributed by atoms with Gasteiger partial charge in [-0.05, 0) is 56.3 Å². The summed E-state index contributed by atoms with van der Waals surface area (Å²) in [6.45, 7) is 7.53. The minimum absolute atomic E-state index is 0.194. The van der Waals surface area contributed by atoms with E-state index in [0.717, 1.165) is 43.1 Å². The summed E-state index contributed by atoms with van der Waals surface area (Å²) in [5, 5.41) is 2.94. The minimum Gasteiger partial charge on any atom is -0.354 e. The molecule has 0 bridgehead atoms. The van der Waals surface area contributed by atoms with Gasteiger partial charge in [-0.2, -0.15) is 0 Å². The van der Waals surface area contributed by atoms with Crippen LogP contribution in [0.4, 0.5) is 11.5 Å². The van der Waals surface area contributed by atoms with E-state index in [-0.39, 0.29) is 28.6 Å². The molecule has 0 saturated carbocycles. The van der Waals surface area contributed by atoms with E-state index in [1.165, 1.54) is 0 Å². The minimum atomic E-state index is -3.87. The van der Waals surface area contributed by atoms with E-state index < -0.39 is 10.0 Å². The standard InChI is InChI=1S/C26H31N5O3S/c1-19-10-11-20(2)24(17-19)35(33,34)29-23-9-5-4-8-22(23)26(32)28-18-21-7-6-12-27-25(21)31-15-13-30(3)14-16-31/h4-12,17,29H,13-16,18H2,1-3H3,(H,28,32). The number of hydrogen-bond acceptors (Lipinski definition) is 6. The Hall–Kier alpha value is -3.43. The van der Waals surface area contributed by atoms with Crippen LogP contribution in [0, 0.1) is 13.8 Å². The smallest absolute Gasteiger partial charge is 0.262 e. The lowest BCUT2D eigenvalue weighted by molar-refractivity contribution is 0.0952. The maximum absolute atomic E-state index is 13.1. The van der Waals surface area contributed by atoms with Crippen molar-refractivity contribution < 1.29 is 13.2 Å². The number of nitrogens with zero attached hydrogens (tertiary/aromatic N) is 3. The zero-order chi connectivity index (χ0) is 25.0. The third-order valence-electron chi connectivity index (χ3n) is 6.16. The van der Waals surface area contributed by atoms with Crippen LogP contribution in [0.5, 0.6) is 0 Å². The highest BCUT2D eigenvalue weighted by Gasteiger charge is 2.22. The summed E-state index contributed by atoms with van der Waals surface area (Å²) in [5.41, 5.74) is 2.88. The van der Waals surface area contributed by atoms with Crippen LogP contribution in [0.1, 0.15) is 27.0 Å². The molecule has 1 aliphatic rings. The highest BCUT2D eigenvalue weighted by atomic mass is 32.2. The van der Waals surface area contributed by atoms with Crippen LogP contribution < -0.4 is 14.9 Å². The fourth-order valence-corrected chi connectivity index (χ4v) is 5.52. The summed E-state index contributed by atoms with van der Waals surface area (Å²) in [6, 6.07) is 15.7. The second-order valence-electron chi connectivity index (χ2n) is 8.88. The van der Waals surface area contributed by atoms with Crippen LogP contribution in [0.15, 0.2) is 65.7 Å². The molecular formula is C26H31N5O3S. The van der Waals surface area contributed by atoms with E-state index in [0.29, 0.717) is 5.56 Å². The van der Waals surface area contributed by atoms with E-state index in [9.17, 15) is 13.2 Å². The predicted octanol–water partition coefficient (Wildman–Crippen LogP) is 3.18. The van der Waals surface area contributed by atoms with Crippen molar-refractivity contribution >= 4 is 27.4 Å². The lowest BCUT2D eigenvalue weighted by Crippen LogP contribution is -2.45. The van der Waals surface area contributed by atoms with Crippen molar-refractivity contribution in [3.8, 4) is 0 Å². The van der Waals surface area contributed by atoms with Crippen LogP contribution in [0.2, 0.25) is 0 Å². The Morgan fingerprint density at radius 3 is 2.51 bits per heavy atom. The molecule has 0 atom stereocenters. The Bertz CT molecular complexity index is 1320. The summed E-state index contributed by atoms with van der Waals surface area (Å²) < 4.78 is 28.8. The lowest BCUT2D eigenvalue weighted by atomic mass is 10.1. The topological polar surface area (TPSA) is 94.6 Å². The quantitative estimate of drug-likeness (QED) is 0.525. The maximum atomic E-state index is 13.1. The number of amides is 1. The lowest BCUT2D eigenvalue weighted by Gasteiger charge is -2.34. The first-order chi connectivity index (χ1) is 16.7. The largest absolute Gasteiger partial charge is 0.354 e. The SMILES string of the molecule is Cc1ccc(C)c(S(=O)(=O)Nc2ccccc2C(=O)NCc2cccnc2N2CCN(C)CC2)c1. The molecule has 2 N–H and O–H groups in total. The fourth-order valence-electron chi connectivity index (χ4n) is 4.11. The van der Waals surface area contributed by atoms with Gasteiger partial charge in [0.2, 0.25) is 0 Å². The van der Waals surface area contributed by atoms with Gasteiger partial charge in [-0.25, -0.2) is 13.4 Å². The van der Waals surface area contributed by atoms with Crippen LogP contribution in [0.3, 0.4) is 0 Å². The Morgan fingerprint density at radius 1 is 1.00 bits per heavy atom. The van der Waals surface area contributed by atoms with E-state index in [1.54, 1.807) is 49.5 Å². The number of anilines is 2. The number of piperazine rings is 1. The second kappa shape index (κ2) is 10.5. The van der Waals surface area contributed by atoms with Gasteiger partial charge in [-0.3, -0.25) is 9.52 Å². The molecule has 1 aliphatic heterocycles. The van der Waals surface area contributed by atoms with Crippen LogP contribution in [0.25, 0.3) is 0 Å². The first kappa shape index (κ1) is 24.7. The van der Waals surface area contributed by atoms with Gasteiger partial charge in [0.05, 0.1) is 16.1 Å². The molecule has 0 radical (unpaired) electrons. The molecular weight excluding hydrogens is 462 g/mol. The number of sulfonamides is 1. The molecule has 184 valence electrons. The molecule has 0 unspecified atom stereocenters. The molecule has 3 aromatic rings. The number of carbonyl (C=O) groups excluding carboxylic acids is 1. The van der Waals surface area contributed by atoms with Crippen molar-refractivity contribution in [2.45, 2.75) is 25.3 Å². The number of aryl methyl sites for hydroxylation is 2. The van der Waals surface area contributed by atoms with E-state index in [1.807, 2.05) is 25.1 Å². The van der Waals surface area contributed by atoms with E-state index in [4.69, 9.17) is 0 Å². The Labute approximate surface area is 207 Å². The van der Waals surface area contributed by atoms with Gasteiger partial charge in [0, 0.05) is 44.5 Å². The monoisotopic (exact) mass is 493 g/mol. The van der Waals surface area contributed by atoms with Gasteiger partial charge in [-0.15, -0.1) is 0 Å². The number of pyridine rings is 1. The second-order valence-corrected chi connectivity index (χ2v) is 10.5. The van der Waals surface area contributed by atoms with Gasteiger partial charge >= 0.3 is 0 Å². The van der Waals surface area contributed by atoms with Crippen LogP contribution in [-0.4, -0.2) is 57.4 Å². The van der Waals surface area contributed by atoms with Gasteiger partial charge < -0.3 is 15.1 Å². The third kappa shape index (κ3) is 5.80. The first-order valence-electron chi connectivity index (χ1n) is 11.6. The number of carbonyl (C=O) groups is 1. The summed E-state index contributed by atoms with van der Waals surface area (Å²) in [4.78, 5) is 22.4. The molecule has 1 aromatic heterocycles. The number of para-hydroxylation sites is 1. The number of hydrogen-bond donors (Lipinski definition) is 2. The van der Waals surface area contributed by atoms with Crippen molar-refractivity contribution in [3.05, 3.63) is 83.0 Å². The normalized spacial score (nSPS) is 14.5. The number of benzene rings is 2. The molecule has 0 aliphatic carbocycles. The molecule has 35 heavy (non-hydrogen) atoms. The third-order valence-corrected chi connectivity index (χ3v) is 7.67. The molecule has 2 heterocycles. The highest BCUT2D eigenvalue weighted by molar-refractivity contribution is 7.92. The highest BCUT2D eigenvalue weighted by Crippen LogP contribution is 2.24. The average molecular weight is 494 g/mol. The molecule has 1 amide bonds. The maximum Gasteiger partial charge on any atom is 0.262 e. The molecule has 2 aromatic carbocycles. The molecule has 9 heteroatoms. The number of nitrogens with one attached hydrogen (secondary N) is 2. The summed E-state index contributed by atoms with van der Waals surface area (Å²) in [6.07, 6.45) is 1.76. The molecule has 4 rings (SSSR count). The fraction of sp³-hybridized carbons (Fsp3) is 0.308. The van der Waals surface area contributed by atoms with E-state index >= 15 is 0 Å². The summed E-state index contributed by atoms with van der Waals surface area (Å²) >= 11 is 0. The van der Waals surface area contributed by atoms with Crippen molar-refractivity contribution in [1.29, 1.82) is 0 Å². The molecule has 8 nitrogen and oxygen atoms in total. The van der Waals surface area contributed by atoms with Crippen molar-refractivity contribution in [3.63, 3.8) is 0 Å². The zero-order valence-corrected chi connectivity index (χ0v) is 21.1. The van der Waals surface area contributed by atoms with Crippen molar-refractivity contribution in [2.24, 2.45) is 0 Å². The van der Waals surface area contributed by atoms with Crippen molar-refractivity contribution in [2.75, 3.05) is 42.8 Å². The van der Waals surface area contributed by atoms with Crippen molar-refractivity contribution in [1.82, 2.24) is 15.2 Å². The Kier molecular flexibility index (Phi) is 7.37. The number of rotatable bonds is 7. The Morgan fingerprint density at radius 2 is 1.74 bits per heavy atom. The first-order valence-corrected chi connectivity index (χ1v) is 13.1. The van der Waals surface area contributed by atoms with Gasteiger partial charge in [0.25, 0.3) is 15.9 Å². The van der Waals surface area contributed by atoms with E-state index in [2.05, 4.69) is 31.9 Å². The van der Waals surface area contributed by atoms with Crippen LogP contribution in [-0.2, 0) is 16.6 Å². The van der Waals surface area contributed by atoms with Crippen LogP contribution >= 0.6 is 0 Å². The van der Waals surface area contributed by atoms with Gasteiger partial charge in [-0.1, -0.05) is 30.3 Å². The molecule has 1 saturated heterocycles.